The van der Waals surface area contributed by atoms with Crippen LogP contribution in [0, 0.1) is 0 Å². The Morgan fingerprint density at radius 2 is 1.02 bits per heavy atom. The van der Waals surface area contributed by atoms with Crippen LogP contribution in [0.4, 0.5) is 11.9 Å². The van der Waals surface area contributed by atoms with Crippen LogP contribution < -0.4 is 21.3 Å². The highest BCUT2D eigenvalue weighted by Crippen LogP contribution is 2.29. The van der Waals surface area contributed by atoms with Crippen LogP contribution in [0.3, 0.4) is 0 Å². The zero-order valence-corrected chi connectivity index (χ0v) is 24.8. The van der Waals surface area contributed by atoms with Crippen LogP contribution in [0.5, 0.6) is 0 Å². The molecule has 2 aromatic carbocycles. The van der Waals surface area contributed by atoms with Crippen molar-refractivity contribution in [3.8, 4) is 22.5 Å². The lowest BCUT2D eigenvalue weighted by atomic mass is 10.0. The molecular formula is C30H36Cl2N8O. The quantitative estimate of drug-likeness (QED) is 0.247. The van der Waals surface area contributed by atoms with E-state index in [1.807, 2.05) is 62.4 Å². The van der Waals surface area contributed by atoms with Crippen molar-refractivity contribution in [2.75, 3.05) is 36.8 Å². The second kappa shape index (κ2) is 14.5. The van der Waals surface area contributed by atoms with Crippen LogP contribution >= 0.6 is 23.2 Å². The molecule has 0 saturated heterocycles. The molecule has 0 atom stereocenters. The van der Waals surface area contributed by atoms with Crippen molar-refractivity contribution < 1.29 is 5.48 Å². The molecule has 4 aromatic rings. The number of nitrogens with zero attached hydrogens (tertiary/aromatic N) is 4. The van der Waals surface area contributed by atoms with E-state index in [0.29, 0.717) is 11.9 Å². The second-order valence-corrected chi connectivity index (χ2v) is 10.4. The van der Waals surface area contributed by atoms with Crippen molar-refractivity contribution in [1.82, 2.24) is 30.6 Å². The molecule has 216 valence electrons. The summed E-state index contributed by atoms with van der Waals surface area (Å²) in [4.78, 5) is 18.6. The average molecular weight is 596 g/mol. The maximum Gasteiger partial charge on any atom is 0.223 e. The molecule has 2 aromatic heterocycles. The van der Waals surface area contributed by atoms with Gasteiger partial charge in [-0.3, -0.25) is 0 Å². The molecule has 4 heterocycles. The predicted octanol–water partition coefficient (Wildman–Crippen LogP) is 4.92. The number of hydrogen-bond acceptors (Lipinski definition) is 8. The van der Waals surface area contributed by atoms with E-state index in [4.69, 9.17) is 23.2 Å². The Bertz CT molecular complexity index is 1340. The van der Waals surface area contributed by atoms with Gasteiger partial charge in [-0.15, -0.1) is 0 Å². The lowest BCUT2D eigenvalue weighted by molar-refractivity contribution is 0.628. The number of anilines is 2. The lowest BCUT2D eigenvalue weighted by Gasteiger charge is -2.20. The van der Waals surface area contributed by atoms with Crippen LogP contribution in [0.15, 0.2) is 48.5 Å². The Morgan fingerprint density at radius 3 is 1.39 bits per heavy atom. The smallest absolute Gasteiger partial charge is 0.223 e. The molecule has 0 aliphatic carbocycles. The molecule has 0 saturated carbocycles. The normalized spacial score (nSPS) is 13.6. The Kier molecular flexibility index (Phi) is 10.8. The van der Waals surface area contributed by atoms with Gasteiger partial charge in [0.15, 0.2) is 0 Å². The van der Waals surface area contributed by atoms with Gasteiger partial charge in [0, 0.05) is 84.4 Å². The largest absolute Gasteiger partial charge is 0.412 e. The van der Waals surface area contributed by atoms with E-state index in [9.17, 15) is 0 Å². The molecule has 0 fully saturated rings. The van der Waals surface area contributed by atoms with Crippen molar-refractivity contribution in [3.63, 3.8) is 0 Å². The SMILES string of the molecule is CCNc1nc2c(c(-c3ccc(Cl)cc3)n1)CNCC2.CCNc1nc2c(c(-c3ccc(Cl)cc3)n1)CNCC2.O. The molecule has 0 radical (unpaired) electrons. The van der Waals surface area contributed by atoms with Gasteiger partial charge in [-0.2, -0.15) is 0 Å². The van der Waals surface area contributed by atoms with Gasteiger partial charge < -0.3 is 26.7 Å². The van der Waals surface area contributed by atoms with Crippen LogP contribution in [0.25, 0.3) is 22.5 Å². The van der Waals surface area contributed by atoms with Crippen LogP contribution in [0.1, 0.15) is 36.4 Å². The fourth-order valence-electron chi connectivity index (χ4n) is 4.85. The van der Waals surface area contributed by atoms with Gasteiger partial charge in [-0.05, 0) is 38.1 Å². The molecule has 41 heavy (non-hydrogen) atoms. The zero-order valence-electron chi connectivity index (χ0n) is 23.3. The van der Waals surface area contributed by atoms with Crippen molar-refractivity contribution >= 4 is 35.1 Å². The summed E-state index contributed by atoms with van der Waals surface area (Å²) in [6.07, 6.45) is 1.88. The van der Waals surface area contributed by atoms with Gasteiger partial charge in [0.05, 0.1) is 22.8 Å². The topological polar surface area (TPSA) is 131 Å². The standard InChI is InChI=1S/2C15H17ClN4.H2O/c2*1-2-18-15-19-13-7-8-17-9-12(13)14(20-15)10-3-5-11(16)6-4-10;/h2*3-6,17H,2,7-9H2,1H3,(H,18,19,20);1H2. The van der Waals surface area contributed by atoms with Crippen molar-refractivity contribution in [3.05, 3.63) is 81.1 Å². The highest BCUT2D eigenvalue weighted by Gasteiger charge is 2.19. The molecule has 9 nitrogen and oxygen atoms in total. The monoisotopic (exact) mass is 594 g/mol. The third-order valence-electron chi connectivity index (χ3n) is 6.77. The van der Waals surface area contributed by atoms with Gasteiger partial charge in [0.1, 0.15) is 0 Å². The molecule has 0 amide bonds. The summed E-state index contributed by atoms with van der Waals surface area (Å²) in [5.74, 6) is 1.41. The molecule has 0 unspecified atom stereocenters. The lowest BCUT2D eigenvalue weighted by Crippen LogP contribution is -2.26. The maximum absolute atomic E-state index is 5.97. The summed E-state index contributed by atoms with van der Waals surface area (Å²) in [6.45, 7) is 9.30. The minimum atomic E-state index is 0. The average Bonchev–Trinajstić information content (AvgIpc) is 2.98. The molecule has 0 spiro atoms. The third-order valence-corrected chi connectivity index (χ3v) is 7.28. The molecular weight excluding hydrogens is 559 g/mol. The van der Waals surface area contributed by atoms with E-state index in [1.54, 1.807) is 0 Å². The summed E-state index contributed by atoms with van der Waals surface area (Å²) >= 11 is 11.9. The minimum Gasteiger partial charge on any atom is -0.412 e. The van der Waals surface area contributed by atoms with E-state index in [1.165, 1.54) is 11.1 Å². The van der Waals surface area contributed by atoms with E-state index in [0.717, 1.165) is 96.1 Å². The summed E-state index contributed by atoms with van der Waals surface area (Å²) in [6, 6.07) is 15.6. The number of halogens is 2. The molecule has 2 aliphatic heterocycles. The van der Waals surface area contributed by atoms with Gasteiger partial charge in [-0.1, -0.05) is 47.5 Å². The molecule has 11 heteroatoms. The van der Waals surface area contributed by atoms with E-state index >= 15 is 0 Å². The van der Waals surface area contributed by atoms with Crippen molar-refractivity contribution in [2.24, 2.45) is 0 Å². The highest BCUT2D eigenvalue weighted by molar-refractivity contribution is 6.30. The van der Waals surface area contributed by atoms with E-state index in [2.05, 4.69) is 41.2 Å². The van der Waals surface area contributed by atoms with Crippen LogP contribution in [-0.4, -0.2) is 51.6 Å². The Labute approximate surface area is 250 Å². The summed E-state index contributed by atoms with van der Waals surface area (Å²) < 4.78 is 0. The molecule has 6 rings (SSSR count). The third kappa shape index (κ3) is 7.49. The Hall–Kier alpha value is -3.34. The second-order valence-electron chi connectivity index (χ2n) is 9.57. The number of fused-ring (bicyclic) bond motifs is 2. The van der Waals surface area contributed by atoms with Crippen molar-refractivity contribution in [1.29, 1.82) is 0 Å². The number of hydrogen-bond donors (Lipinski definition) is 4. The first kappa shape index (κ1) is 30.6. The number of nitrogens with one attached hydrogen (secondary N) is 4. The molecule has 2 aliphatic rings. The van der Waals surface area contributed by atoms with Gasteiger partial charge in [-0.25, -0.2) is 19.9 Å². The summed E-state index contributed by atoms with van der Waals surface area (Å²) in [7, 11) is 0. The summed E-state index contributed by atoms with van der Waals surface area (Å²) in [5, 5.41) is 14.7. The number of aromatic nitrogens is 4. The minimum absolute atomic E-state index is 0. The van der Waals surface area contributed by atoms with Crippen LogP contribution in [0.2, 0.25) is 10.0 Å². The van der Waals surface area contributed by atoms with Crippen LogP contribution in [-0.2, 0) is 25.9 Å². The predicted molar refractivity (Wildman–Crippen MR) is 168 cm³/mol. The number of benzene rings is 2. The zero-order chi connectivity index (χ0) is 27.9. The van der Waals surface area contributed by atoms with Crippen molar-refractivity contribution in [2.45, 2.75) is 39.8 Å². The Balaban J connectivity index is 0.000000184. The van der Waals surface area contributed by atoms with Gasteiger partial charge in [0.25, 0.3) is 0 Å². The van der Waals surface area contributed by atoms with E-state index in [-0.39, 0.29) is 5.48 Å². The first-order valence-corrected chi connectivity index (χ1v) is 14.5. The Morgan fingerprint density at radius 1 is 0.634 bits per heavy atom. The highest BCUT2D eigenvalue weighted by atomic mass is 35.5. The first-order chi connectivity index (χ1) is 19.6. The van der Waals surface area contributed by atoms with Gasteiger partial charge in [0.2, 0.25) is 11.9 Å². The number of rotatable bonds is 6. The van der Waals surface area contributed by atoms with E-state index < -0.39 is 0 Å². The molecule has 0 bridgehead atoms. The first-order valence-electron chi connectivity index (χ1n) is 13.8. The fourth-order valence-corrected chi connectivity index (χ4v) is 5.11. The fraction of sp³-hybridized carbons (Fsp3) is 0.333. The maximum atomic E-state index is 5.97. The van der Waals surface area contributed by atoms with Gasteiger partial charge >= 0.3 is 0 Å². The molecule has 6 N–H and O–H groups in total. The summed E-state index contributed by atoms with van der Waals surface area (Å²) in [5.41, 5.74) is 8.82.